The summed E-state index contributed by atoms with van der Waals surface area (Å²) in [5, 5.41) is 20.0. The van der Waals surface area contributed by atoms with E-state index >= 15 is 0 Å². The van der Waals surface area contributed by atoms with Gasteiger partial charge in [0.25, 0.3) is 0 Å². The van der Waals surface area contributed by atoms with Crippen molar-refractivity contribution < 1.29 is 14.9 Å². The SMILES string of the molecule is CCCCCCOc1ccc(C(c2ccccc2)(c2ccc(O)cc2)c2ccc(O)cc2)cc1. The number of hydrogen-bond acceptors (Lipinski definition) is 3. The summed E-state index contributed by atoms with van der Waals surface area (Å²) in [5.74, 6) is 1.31. The number of unbranched alkanes of at least 4 members (excludes halogenated alkanes) is 3. The summed E-state index contributed by atoms with van der Waals surface area (Å²) in [6.07, 6.45) is 4.70. The lowest BCUT2D eigenvalue weighted by Crippen LogP contribution is -2.30. The quantitative estimate of drug-likeness (QED) is 0.194. The first-order valence-electron chi connectivity index (χ1n) is 12.0. The number of hydrogen-bond donors (Lipinski definition) is 2. The second kappa shape index (κ2) is 10.9. The summed E-state index contributed by atoms with van der Waals surface area (Å²) in [4.78, 5) is 0. The Kier molecular flexibility index (Phi) is 7.54. The van der Waals surface area contributed by atoms with E-state index in [0.717, 1.165) is 41.0 Å². The molecule has 0 aliphatic carbocycles. The molecule has 0 spiro atoms. The second-order valence-corrected chi connectivity index (χ2v) is 8.64. The van der Waals surface area contributed by atoms with Crippen LogP contribution in [0.15, 0.2) is 103 Å². The van der Waals surface area contributed by atoms with E-state index in [0.29, 0.717) is 0 Å². The Labute approximate surface area is 202 Å². The molecule has 0 unspecified atom stereocenters. The van der Waals surface area contributed by atoms with Gasteiger partial charge in [-0.2, -0.15) is 0 Å². The zero-order valence-corrected chi connectivity index (χ0v) is 19.7. The molecule has 0 saturated heterocycles. The zero-order valence-electron chi connectivity index (χ0n) is 19.7. The van der Waals surface area contributed by atoms with Crippen LogP contribution in [0.3, 0.4) is 0 Å². The molecule has 174 valence electrons. The summed E-state index contributed by atoms with van der Waals surface area (Å²) in [6, 6.07) is 33.4. The summed E-state index contributed by atoms with van der Waals surface area (Å²) in [6.45, 7) is 2.93. The third-order valence-electron chi connectivity index (χ3n) is 6.36. The highest BCUT2D eigenvalue weighted by Gasteiger charge is 2.38. The van der Waals surface area contributed by atoms with E-state index in [2.05, 4.69) is 31.2 Å². The molecule has 34 heavy (non-hydrogen) atoms. The van der Waals surface area contributed by atoms with Gasteiger partial charge < -0.3 is 14.9 Å². The Morgan fingerprint density at radius 3 is 1.53 bits per heavy atom. The molecule has 2 N–H and O–H groups in total. The Morgan fingerprint density at radius 2 is 1.03 bits per heavy atom. The smallest absolute Gasteiger partial charge is 0.119 e. The third-order valence-corrected chi connectivity index (χ3v) is 6.36. The normalized spacial score (nSPS) is 11.3. The van der Waals surface area contributed by atoms with Crippen molar-refractivity contribution >= 4 is 0 Å². The number of rotatable bonds is 10. The molecule has 0 aliphatic heterocycles. The summed E-state index contributed by atoms with van der Waals surface area (Å²) < 4.78 is 6.00. The van der Waals surface area contributed by atoms with E-state index in [-0.39, 0.29) is 11.5 Å². The molecule has 4 rings (SSSR count). The summed E-state index contributed by atoms with van der Waals surface area (Å²) >= 11 is 0. The number of phenols is 2. The van der Waals surface area contributed by atoms with Crippen molar-refractivity contribution in [3.63, 3.8) is 0 Å². The highest BCUT2D eigenvalue weighted by Crippen LogP contribution is 2.46. The Bertz CT molecular complexity index is 1100. The predicted octanol–water partition coefficient (Wildman–Crippen LogP) is 7.44. The van der Waals surface area contributed by atoms with Gasteiger partial charge in [-0.15, -0.1) is 0 Å². The molecule has 0 atom stereocenters. The van der Waals surface area contributed by atoms with Crippen molar-refractivity contribution in [3.05, 3.63) is 125 Å². The van der Waals surface area contributed by atoms with Gasteiger partial charge in [-0.1, -0.05) is 92.9 Å². The van der Waals surface area contributed by atoms with E-state index in [1.165, 1.54) is 19.3 Å². The predicted molar refractivity (Wildman–Crippen MR) is 138 cm³/mol. The lowest BCUT2D eigenvalue weighted by atomic mass is 9.65. The van der Waals surface area contributed by atoms with Crippen LogP contribution in [0.4, 0.5) is 0 Å². The molecule has 4 aromatic carbocycles. The maximum Gasteiger partial charge on any atom is 0.119 e. The van der Waals surface area contributed by atoms with Crippen LogP contribution in [0.2, 0.25) is 0 Å². The maximum absolute atomic E-state index is 9.99. The van der Waals surface area contributed by atoms with Crippen LogP contribution in [0, 0.1) is 0 Å². The van der Waals surface area contributed by atoms with Crippen molar-refractivity contribution in [2.24, 2.45) is 0 Å². The first kappa shape index (κ1) is 23.4. The van der Waals surface area contributed by atoms with Crippen LogP contribution in [-0.2, 0) is 5.41 Å². The van der Waals surface area contributed by atoms with Crippen LogP contribution in [0.25, 0.3) is 0 Å². The van der Waals surface area contributed by atoms with E-state index < -0.39 is 5.41 Å². The van der Waals surface area contributed by atoms with Crippen molar-refractivity contribution in [2.75, 3.05) is 6.61 Å². The van der Waals surface area contributed by atoms with Gasteiger partial charge in [0.15, 0.2) is 0 Å². The number of benzene rings is 4. The Morgan fingerprint density at radius 1 is 0.559 bits per heavy atom. The maximum atomic E-state index is 9.99. The average Bonchev–Trinajstić information content (AvgIpc) is 2.88. The molecule has 4 aromatic rings. The van der Waals surface area contributed by atoms with Gasteiger partial charge in [-0.25, -0.2) is 0 Å². The number of aromatic hydroxyl groups is 2. The lowest BCUT2D eigenvalue weighted by molar-refractivity contribution is 0.305. The van der Waals surface area contributed by atoms with Crippen LogP contribution >= 0.6 is 0 Å². The first-order chi connectivity index (χ1) is 16.6. The van der Waals surface area contributed by atoms with Crippen molar-refractivity contribution in [2.45, 2.75) is 38.0 Å². The monoisotopic (exact) mass is 452 g/mol. The zero-order chi connectivity index (χ0) is 23.8. The van der Waals surface area contributed by atoms with Crippen molar-refractivity contribution in [1.29, 1.82) is 0 Å². The first-order valence-corrected chi connectivity index (χ1v) is 12.0. The molecule has 0 fully saturated rings. The van der Waals surface area contributed by atoms with Gasteiger partial charge >= 0.3 is 0 Å². The standard InChI is InChI=1S/C31H32O3/c1-2-3-4-8-23-34-30-21-15-27(16-22-30)31(24-9-6-5-7-10-24,25-11-17-28(32)18-12-25)26-13-19-29(33)20-14-26/h5-7,9-22,32-33H,2-4,8,23H2,1H3. The van der Waals surface area contributed by atoms with Crippen molar-refractivity contribution in [3.8, 4) is 17.2 Å². The third kappa shape index (κ3) is 4.94. The Balaban J connectivity index is 1.82. The van der Waals surface area contributed by atoms with Crippen molar-refractivity contribution in [1.82, 2.24) is 0 Å². The van der Waals surface area contributed by atoms with Crippen LogP contribution < -0.4 is 4.74 Å². The fourth-order valence-electron chi connectivity index (χ4n) is 4.63. The molecule has 0 amide bonds. The molecule has 0 aromatic heterocycles. The molecular weight excluding hydrogens is 420 g/mol. The number of phenolic OH excluding ortho intramolecular Hbond substituents is 2. The van der Waals surface area contributed by atoms with E-state index in [1.807, 2.05) is 54.6 Å². The highest BCUT2D eigenvalue weighted by molar-refractivity contribution is 5.61. The molecule has 0 aliphatic rings. The molecule has 3 heteroatoms. The van der Waals surface area contributed by atoms with Gasteiger partial charge in [0.05, 0.1) is 12.0 Å². The minimum absolute atomic E-state index is 0.225. The average molecular weight is 453 g/mol. The van der Waals surface area contributed by atoms with Gasteiger partial charge in [-0.3, -0.25) is 0 Å². The Hall–Kier alpha value is -3.72. The summed E-state index contributed by atoms with van der Waals surface area (Å²) in [5.41, 5.74) is 3.58. The van der Waals surface area contributed by atoms with E-state index in [9.17, 15) is 10.2 Å². The summed E-state index contributed by atoms with van der Waals surface area (Å²) in [7, 11) is 0. The van der Waals surface area contributed by atoms with Crippen LogP contribution in [-0.4, -0.2) is 16.8 Å². The molecule has 0 heterocycles. The van der Waals surface area contributed by atoms with Gasteiger partial charge in [-0.05, 0) is 65.1 Å². The van der Waals surface area contributed by atoms with E-state index in [1.54, 1.807) is 24.3 Å². The fraction of sp³-hybridized carbons (Fsp3) is 0.226. The van der Waals surface area contributed by atoms with Gasteiger partial charge in [0.1, 0.15) is 17.2 Å². The van der Waals surface area contributed by atoms with Gasteiger partial charge in [0.2, 0.25) is 0 Å². The second-order valence-electron chi connectivity index (χ2n) is 8.64. The topological polar surface area (TPSA) is 49.7 Å². The fourth-order valence-corrected chi connectivity index (χ4v) is 4.63. The molecule has 0 radical (unpaired) electrons. The van der Waals surface area contributed by atoms with E-state index in [4.69, 9.17) is 4.74 Å². The largest absolute Gasteiger partial charge is 0.508 e. The molecular formula is C31H32O3. The lowest BCUT2D eigenvalue weighted by Gasteiger charge is -2.37. The van der Waals surface area contributed by atoms with Crippen LogP contribution in [0.5, 0.6) is 17.2 Å². The molecule has 3 nitrogen and oxygen atoms in total. The molecule has 0 bridgehead atoms. The van der Waals surface area contributed by atoms with Crippen LogP contribution in [0.1, 0.15) is 54.9 Å². The molecule has 0 saturated carbocycles. The number of ether oxygens (including phenoxy) is 1. The minimum Gasteiger partial charge on any atom is -0.508 e. The highest BCUT2D eigenvalue weighted by atomic mass is 16.5. The van der Waals surface area contributed by atoms with Gasteiger partial charge in [0, 0.05) is 0 Å². The minimum atomic E-state index is -0.637.